The Morgan fingerprint density at radius 2 is 2.04 bits per heavy atom. The van der Waals surface area contributed by atoms with E-state index < -0.39 is 5.91 Å². The number of carbonyl (C=O) groups excluding carboxylic acids is 1. The minimum Gasteiger partial charge on any atom is -0.491 e. The first-order chi connectivity index (χ1) is 13.1. The Hall–Kier alpha value is -3.26. The summed E-state index contributed by atoms with van der Waals surface area (Å²) >= 11 is 0. The SMILES string of the molecule is COc1ccc(-c2cc(OCCCC(=O)NO)c3ncnc(C)c3c2)cn1. The van der Waals surface area contributed by atoms with Crippen molar-refractivity contribution in [2.24, 2.45) is 0 Å². The van der Waals surface area contributed by atoms with E-state index >= 15 is 0 Å². The molecule has 0 fully saturated rings. The molecule has 3 rings (SSSR count). The molecule has 27 heavy (non-hydrogen) atoms. The molecule has 2 aromatic heterocycles. The Bertz CT molecular complexity index is 944. The van der Waals surface area contributed by atoms with E-state index in [1.807, 2.05) is 25.1 Å². The number of hydrogen-bond donors (Lipinski definition) is 2. The van der Waals surface area contributed by atoms with Gasteiger partial charge in [0, 0.05) is 35.3 Å². The van der Waals surface area contributed by atoms with Crippen molar-refractivity contribution < 1.29 is 19.5 Å². The molecule has 0 saturated carbocycles. The number of pyridine rings is 1. The third-order valence-electron chi connectivity index (χ3n) is 4.11. The zero-order valence-corrected chi connectivity index (χ0v) is 15.1. The van der Waals surface area contributed by atoms with Gasteiger partial charge in [-0.25, -0.2) is 20.4 Å². The molecule has 3 aromatic rings. The topological polar surface area (TPSA) is 106 Å². The molecular weight excluding hydrogens is 348 g/mol. The third kappa shape index (κ3) is 4.29. The number of rotatable bonds is 7. The number of nitrogens with one attached hydrogen (secondary N) is 1. The molecule has 0 spiro atoms. The molecule has 8 heteroatoms. The average molecular weight is 368 g/mol. The van der Waals surface area contributed by atoms with Crippen LogP contribution in [0.25, 0.3) is 22.0 Å². The lowest BCUT2D eigenvalue weighted by atomic mass is 10.0. The van der Waals surface area contributed by atoms with Gasteiger partial charge in [-0.1, -0.05) is 0 Å². The molecule has 0 atom stereocenters. The van der Waals surface area contributed by atoms with Gasteiger partial charge in [0.25, 0.3) is 0 Å². The standard InChI is InChI=1S/C19H20N4O4/c1-12-15-8-14(13-5-6-18(26-2)20-10-13)9-16(19(15)22-11-21-12)27-7-3-4-17(24)23-25/h5-6,8-11,25H,3-4,7H2,1-2H3,(H,23,24). The number of carbonyl (C=O) groups is 1. The van der Waals surface area contributed by atoms with Gasteiger partial charge in [0.2, 0.25) is 11.8 Å². The Morgan fingerprint density at radius 3 is 2.74 bits per heavy atom. The second-order valence-corrected chi connectivity index (χ2v) is 5.91. The first-order valence-electron chi connectivity index (χ1n) is 8.44. The highest BCUT2D eigenvalue weighted by Crippen LogP contribution is 2.32. The van der Waals surface area contributed by atoms with E-state index in [0.717, 1.165) is 22.2 Å². The molecule has 140 valence electrons. The van der Waals surface area contributed by atoms with Gasteiger partial charge in [-0.2, -0.15) is 0 Å². The van der Waals surface area contributed by atoms with Crippen LogP contribution in [0.15, 0.2) is 36.8 Å². The van der Waals surface area contributed by atoms with Gasteiger partial charge in [0.1, 0.15) is 17.6 Å². The van der Waals surface area contributed by atoms with Crippen molar-refractivity contribution >= 4 is 16.8 Å². The van der Waals surface area contributed by atoms with Gasteiger partial charge in [-0.3, -0.25) is 10.0 Å². The zero-order chi connectivity index (χ0) is 19.2. The summed E-state index contributed by atoms with van der Waals surface area (Å²) in [5.41, 5.74) is 4.98. The third-order valence-corrected chi connectivity index (χ3v) is 4.11. The molecule has 0 aliphatic carbocycles. The van der Waals surface area contributed by atoms with E-state index in [0.29, 0.717) is 30.2 Å². The van der Waals surface area contributed by atoms with Crippen molar-refractivity contribution in [2.75, 3.05) is 13.7 Å². The number of aromatic nitrogens is 3. The van der Waals surface area contributed by atoms with E-state index in [2.05, 4.69) is 15.0 Å². The highest BCUT2D eigenvalue weighted by molar-refractivity contribution is 5.91. The minimum atomic E-state index is -0.445. The summed E-state index contributed by atoms with van der Waals surface area (Å²) in [4.78, 5) is 24.0. The fourth-order valence-corrected chi connectivity index (χ4v) is 2.68. The van der Waals surface area contributed by atoms with E-state index in [1.54, 1.807) is 24.9 Å². The first-order valence-corrected chi connectivity index (χ1v) is 8.44. The molecule has 2 heterocycles. The van der Waals surface area contributed by atoms with Crippen molar-refractivity contribution in [3.05, 3.63) is 42.5 Å². The summed E-state index contributed by atoms with van der Waals surface area (Å²) in [5, 5.41) is 9.43. The van der Waals surface area contributed by atoms with Crippen LogP contribution in [0.2, 0.25) is 0 Å². The second-order valence-electron chi connectivity index (χ2n) is 5.91. The summed E-state index contributed by atoms with van der Waals surface area (Å²) in [6.45, 7) is 2.23. The molecule has 8 nitrogen and oxygen atoms in total. The van der Waals surface area contributed by atoms with Crippen LogP contribution in [0, 0.1) is 6.92 Å². The van der Waals surface area contributed by atoms with Crippen molar-refractivity contribution in [3.8, 4) is 22.8 Å². The van der Waals surface area contributed by atoms with Crippen LogP contribution < -0.4 is 15.0 Å². The number of aryl methyl sites for hydroxylation is 1. The van der Waals surface area contributed by atoms with Gasteiger partial charge in [0.15, 0.2) is 0 Å². The van der Waals surface area contributed by atoms with E-state index in [1.165, 1.54) is 6.33 Å². The summed E-state index contributed by atoms with van der Waals surface area (Å²) in [6.07, 6.45) is 3.86. The monoisotopic (exact) mass is 368 g/mol. The number of methoxy groups -OCH3 is 1. The highest BCUT2D eigenvalue weighted by Gasteiger charge is 2.11. The zero-order valence-electron chi connectivity index (χ0n) is 15.1. The van der Waals surface area contributed by atoms with Crippen LogP contribution in [0.4, 0.5) is 0 Å². The number of fused-ring (bicyclic) bond motifs is 1. The lowest BCUT2D eigenvalue weighted by molar-refractivity contribution is -0.129. The van der Waals surface area contributed by atoms with Gasteiger partial charge in [-0.15, -0.1) is 0 Å². The number of hydrogen-bond acceptors (Lipinski definition) is 7. The smallest absolute Gasteiger partial charge is 0.243 e. The molecule has 0 saturated heterocycles. The van der Waals surface area contributed by atoms with Crippen LogP contribution in [0.1, 0.15) is 18.5 Å². The predicted octanol–water partition coefficient (Wildman–Crippen LogP) is 2.67. The summed E-state index contributed by atoms with van der Waals surface area (Å²) in [6, 6.07) is 7.61. The largest absolute Gasteiger partial charge is 0.491 e. The van der Waals surface area contributed by atoms with Crippen molar-refractivity contribution in [3.63, 3.8) is 0 Å². The molecule has 1 amide bonds. The Labute approximate surface area is 156 Å². The maximum absolute atomic E-state index is 11.1. The Kier molecular flexibility index (Phi) is 5.77. The number of ether oxygens (including phenoxy) is 2. The average Bonchev–Trinajstić information content (AvgIpc) is 2.71. The minimum absolute atomic E-state index is 0.171. The van der Waals surface area contributed by atoms with Crippen LogP contribution in [0.3, 0.4) is 0 Å². The maximum atomic E-state index is 11.1. The second kappa shape index (κ2) is 8.41. The molecule has 2 N–H and O–H groups in total. The molecule has 1 aromatic carbocycles. The van der Waals surface area contributed by atoms with Gasteiger partial charge < -0.3 is 9.47 Å². The van der Waals surface area contributed by atoms with E-state index in [4.69, 9.17) is 14.7 Å². The van der Waals surface area contributed by atoms with Crippen LogP contribution in [0.5, 0.6) is 11.6 Å². The molecule has 0 aliphatic heterocycles. The Balaban J connectivity index is 1.93. The molecule has 0 radical (unpaired) electrons. The number of amides is 1. The highest BCUT2D eigenvalue weighted by atomic mass is 16.5. The molecule has 0 aliphatic rings. The van der Waals surface area contributed by atoms with Crippen molar-refractivity contribution in [1.82, 2.24) is 20.4 Å². The predicted molar refractivity (Wildman–Crippen MR) is 98.7 cm³/mol. The molecule has 0 unspecified atom stereocenters. The number of benzene rings is 1. The first kappa shape index (κ1) is 18.5. The van der Waals surface area contributed by atoms with Crippen LogP contribution >= 0.6 is 0 Å². The van der Waals surface area contributed by atoms with Crippen LogP contribution in [-0.4, -0.2) is 39.8 Å². The van der Waals surface area contributed by atoms with Crippen LogP contribution in [-0.2, 0) is 4.79 Å². The quantitative estimate of drug-likeness (QED) is 0.375. The summed E-state index contributed by atoms with van der Waals surface area (Å²) in [7, 11) is 1.57. The van der Waals surface area contributed by atoms with E-state index in [9.17, 15) is 4.79 Å². The fourth-order valence-electron chi connectivity index (χ4n) is 2.68. The van der Waals surface area contributed by atoms with Crippen molar-refractivity contribution in [2.45, 2.75) is 19.8 Å². The van der Waals surface area contributed by atoms with E-state index in [-0.39, 0.29) is 6.42 Å². The maximum Gasteiger partial charge on any atom is 0.243 e. The van der Waals surface area contributed by atoms with Gasteiger partial charge >= 0.3 is 0 Å². The fraction of sp³-hybridized carbons (Fsp3) is 0.263. The molecule has 0 bridgehead atoms. The lowest BCUT2D eigenvalue weighted by Gasteiger charge is -2.12. The number of nitrogens with zero attached hydrogens (tertiary/aromatic N) is 3. The number of hydroxylamine groups is 1. The van der Waals surface area contributed by atoms with Crippen molar-refractivity contribution in [1.29, 1.82) is 0 Å². The lowest BCUT2D eigenvalue weighted by Crippen LogP contribution is -2.18. The molecular formula is C19H20N4O4. The summed E-state index contributed by atoms with van der Waals surface area (Å²) < 4.78 is 11.0. The van der Waals surface area contributed by atoms with Gasteiger partial charge in [0.05, 0.1) is 13.7 Å². The summed E-state index contributed by atoms with van der Waals surface area (Å²) in [5.74, 6) is 0.700. The Morgan fingerprint density at radius 1 is 1.19 bits per heavy atom. The van der Waals surface area contributed by atoms with Gasteiger partial charge in [-0.05, 0) is 37.1 Å². The normalized spacial score (nSPS) is 10.6.